The van der Waals surface area contributed by atoms with Crippen molar-refractivity contribution in [3.8, 4) is 5.69 Å². The maximum Gasteiger partial charge on any atom is 0.229 e. The second-order valence-corrected chi connectivity index (χ2v) is 10.4. The average molecular weight is 540 g/mol. The Bertz CT molecular complexity index is 1530. The van der Waals surface area contributed by atoms with E-state index in [0.29, 0.717) is 11.8 Å². The minimum absolute atomic E-state index is 0.701. The van der Waals surface area contributed by atoms with Gasteiger partial charge in [0.1, 0.15) is 12.1 Å². The van der Waals surface area contributed by atoms with Crippen LogP contribution in [0.4, 0.5) is 29.0 Å². The van der Waals surface area contributed by atoms with Crippen LogP contribution in [-0.2, 0) is 4.74 Å². The molecule has 0 unspecified atom stereocenters. The Morgan fingerprint density at radius 2 is 1.59 bits per heavy atom. The zero-order chi connectivity index (χ0) is 26.0. The fraction of sp³-hybridized carbons (Fsp3) is 0.286. The van der Waals surface area contributed by atoms with Gasteiger partial charge in [-0.25, -0.2) is 9.97 Å². The normalized spacial score (nSPS) is 16.2. The molecule has 6 heterocycles. The van der Waals surface area contributed by atoms with Crippen molar-refractivity contribution in [3.05, 3.63) is 71.8 Å². The molecule has 0 saturated carbocycles. The molecule has 198 valence electrons. The zero-order valence-electron chi connectivity index (χ0n) is 21.5. The lowest BCUT2D eigenvalue weighted by atomic mass is 10.2. The molecule has 2 fully saturated rings. The predicted molar refractivity (Wildman–Crippen MR) is 156 cm³/mol. The van der Waals surface area contributed by atoms with E-state index in [1.54, 1.807) is 11.3 Å². The summed E-state index contributed by atoms with van der Waals surface area (Å²) < 4.78 is 7.53. The highest BCUT2D eigenvalue weighted by Crippen LogP contribution is 2.29. The molecule has 2 aliphatic rings. The maximum atomic E-state index is 5.50. The van der Waals surface area contributed by atoms with E-state index in [1.165, 1.54) is 5.69 Å². The number of ether oxygens (including phenoxy) is 1. The van der Waals surface area contributed by atoms with Crippen molar-refractivity contribution in [2.45, 2.75) is 0 Å². The van der Waals surface area contributed by atoms with Crippen molar-refractivity contribution in [2.24, 2.45) is 0 Å². The van der Waals surface area contributed by atoms with Crippen molar-refractivity contribution < 1.29 is 4.74 Å². The first-order valence-corrected chi connectivity index (χ1v) is 14.1. The highest BCUT2D eigenvalue weighted by atomic mass is 32.1. The summed E-state index contributed by atoms with van der Waals surface area (Å²) in [5.41, 5.74) is 4.74. The van der Waals surface area contributed by atoms with E-state index >= 15 is 0 Å². The number of piperazine rings is 1. The van der Waals surface area contributed by atoms with Crippen molar-refractivity contribution in [1.82, 2.24) is 24.5 Å². The Morgan fingerprint density at radius 3 is 2.33 bits per heavy atom. The van der Waals surface area contributed by atoms with Gasteiger partial charge in [-0.3, -0.25) is 4.57 Å². The second kappa shape index (κ2) is 10.5. The number of morpholine rings is 1. The SMILES string of the molecule is c1ccc(N2CCN(c3nc(Nc4ccc(N5CCOCC5)cc4)c4ncn(-c5ccsc5)c4n3)CC2)nc1. The first-order valence-electron chi connectivity index (χ1n) is 13.2. The molecule has 39 heavy (non-hydrogen) atoms. The van der Waals surface area contributed by atoms with Gasteiger partial charge < -0.3 is 24.8 Å². The van der Waals surface area contributed by atoms with Crippen LogP contribution in [0.15, 0.2) is 71.8 Å². The highest BCUT2D eigenvalue weighted by Gasteiger charge is 2.23. The van der Waals surface area contributed by atoms with Crippen LogP contribution in [0.2, 0.25) is 0 Å². The third-order valence-corrected chi connectivity index (χ3v) is 7.88. The summed E-state index contributed by atoms with van der Waals surface area (Å²) in [6.45, 7) is 6.69. The Labute approximate surface area is 230 Å². The van der Waals surface area contributed by atoms with Crippen molar-refractivity contribution in [3.63, 3.8) is 0 Å². The van der Waals surface area contributed by atoms with Gasteiger partial charge in [-0.15, -0.1) is 0 Å². The van der Waals surface area contributed by atoms with Crippen LogP contribution in [0, 0.1) is 0 Å². The van der Waals surface area contributed by atoms with Gasteiger partial charge in [0.15, 0.2) is 17.0 Å². The second-order valence-electron chi connectivity index (χ2n) is 9.57. The van der Waals surface area contributed by atoms with Crippen molar-refractivity contribution in [2.75, 3.05) is 72.5 Å². The molecule has 1 N–H and O–H groups in total. The van der Waals surface area contributed by atoms with E-state index in [-0.39, 0.29) is 0 Å². The van der Waals surface area contributed by atoms with Gasteiger partial charge >= 0.3 is 0 Å². The molecule has 2 aliphatic heterocycles. The number of anilines is 5. The molecule has 5 aromatic rings. The fourth-order valence-corrected chi connectivity index (χ4v) is 5.72. The molecule has 1 aromatic carbocycles. The molecular formula is C28H29N9OS. The number of benzene rings is 1. The smallest absolute Gasteiger partial charge is 0.229 e. The number of thiophene rings is 1. The van der Waals surface area contributed by atoms with Gasteiger partial charge in [0.05, 0.1) is 18.9 Å². The number of rotatable bonds is 6. The first kappa shape index (κ1) is 23.9. The third kappa shape index (κ3) is 4.86. The number of imidazole rings is 1. The monoisotopic (exact) mass is 539 g/mol. The van der Waals surface area contributed by atoms with Gasteiger partial charge in [-0.2, -0.15) is 21.3 Å². The van der Waals surface area contributed by atoms with Crippen LogP contribution in [-0.4, -0.2) is 77.0 Å². The van der Waals surface area contributed by atoms with Crippen molar-refractivity contribution >= 4 is 51.5 Å². The van der Waals surface area contributed by atoms with Crippen molar-refractivity contribution in [1.29, 1.82) is 0 Å². The lowest BCUT2D eigenvalue weighted by Gasteiger charge is -2.35. The molecule has 0 amide bonds. The number of nitrogens with zero attached hydrogens (tertiary/aromatic N) is 8. The molecule has 4 aromatic heterocycles. The van der Waals surface area contributed by atoms with E-state index in [1.807, 2.05) is 29.2 Å². The summed E-state index contributed by atoms with van der Waals surface area (Å²) in [6.07, 6.45) is 3.67. The fourth-order valence-electron chi connectivity index (χ4n) is 5.09. The highest BCUT2D eigenvalue weighted by molar-refractivity contribution is 7.08. The molecule has 2 saturated heterocycles. The van der Waals surface area contributed by atoms with Gasteiger partial charge in [-0.05, 0) is 47.8 Å². The van der Waals surface area contributed by atoms with E-state index in [9.17, 15) is 0 Å². The minimum atomic E-state index is 0.701. The summed E-state index contributed by atoms with van der Waals surface area (Å²) in [4.78, 5) is 26.2. The molecule has 0 atom stereocenters. The number of nitrogens with one attached hydrogen (secondary N) is 1. The number of aromatic nitrogens is 5. The maximum absolute atomic E-state index is 5.50. The van der Waals surface area contributed by atoms with Gasteiger partial charge in [0.2, 0.25) is 5.95 Å². The summed E-state index contributed by atoms with van der Waals surface area (Å²) in [5, 5.41) is 7.70. The summed E-state index contributed by atoms with van der Waals surface area (Å²) in [5.74, 6) is 2.41. The van der Waals surface area contributed by atoms with Gasteiger partial charge in [-0.1, -0.05) is 6.07 Å². The molecule has 7 rings (SSSR count). The Kier molecular flexibility index (Phi) is 6.43. The summed E-state index contributed by atoms with van der Waals surface area (Å²) in [7, 11) is 0. The average Bonchev–Trinajstić information content (AvgIpc) is 3.69. The minimum Gasteiger partial charge on any atom is -0.378 e. The van der Waals surface area contributed by atoms with Crippen LogP contribution in [0.25, 0.3) is 16.9 Å². The van der Waals surface area contributed by atoms with Crippen LogP contribution in [0.1, 0.15) is 0 Å². The lowest BCUT2D eigenvalue weighted by molar-refractivity contribution is 0.122. The number of fused-ring (bicyclic) bond motifs is 1. The lowest BCUT2D eigenvalue weighted by Crippen LogP contribution is -2.47. The van der Waals surface area contributed by atoms with E-state index < -0.39 is 0 Å². The number of hydrogen-bond donors (Lipinski definition) is 1. The van der Waals surface area contributed by atoms with E-state index in [4.69, 9.17) is 19.7 Å². The largest absolute Gasteiger partial charge is 0.378 e. The Balaban J connectivity index is 1.19. The third-order valence-electron chi connectivity index (χ3n) is 7.21. The van der Waals surface area contributed by atoms with E-state index in [0.717, 1.165) is 80.8 Å². The molecular weight excluding hydrogens is 510 g/mol. The molecule has 0 spiro atoms. The van der Waals surface area contributed by atoms with Crippen LogP contribution >= 0.6 is 11.3 Å². The zero-order valence-corrected chi connectivity index (χ0v) is 22.3. The molecule has 0 bridgehead atoms. The first-order chi connectivity index (χ1) is 19.3. The standard InChI is InChI=1S/C28H29N9OS/c1-2-9-29-24(3-1)35-10-12-36(13-11-35)28-32-26(25-27(33-28)37(20-30-25)23-8-18-39-19-23)31-21-4-6-22(7-5-21)34-14-16-38-17-15-34/h1-9,18-20H,10-17H2,(H,31,32,33). The van der Waals surface area contributed by atoms with Crippen LogP contribution in [0.3, 0.4) is 0 Å². The van der Waals surface area contributed by atoms with Crippen LogP contribution < -0.4 is 20.0 Å². The van der Waals surface area contributed by atoms with E-state index in [2.05, 4.69) is 72.2 Å². The number of pyridine rings is 1. The summed E-state index contributed by atoms with van der Waals surface area (Å²) in [6, 6.07) is 16.6. The Morgan fingerprint density at radius 1 is 0.769 bits per heavy atom. The van der Waals surface area contributed by atoms with Crippen LogP contribution in [0.5, 0.6) is 0 Å². The Hall–Kier alpha value is -4.22. The topological polar surface area (TPSA) is 87.5 Å². The quantitative estimate of drug-likeness (QED) is 0.341. The summed E-state index contributed by atoms with van der Waals surface area (Å²) >= 11 is 1.66. The molecule has 10 nitrogen and oxygen atoms in total. The van der Waals surface area contributed by atoms with Gasteiger partial charge in [0, 0.05) is 62.2 Å². The molecule has 11 heteroatoms. The molecule has 0 radical (unpaired) electrons. The molecule has 0 aliphatic carbocycles. The predicted octanol–water partition coefficient (Wildman–Crippen LogP) is 4.18. The number of hydrogen-bond acceptors (Lipinski definition) is 10. The van der Waals surface area contributed by atoms with Gasteiger partial charge in [0.25, 0.3) is 0 Å².